The Hall–Kier alpha value is -4.93. The van der Waals surface area contributed by atoms with Gasteiger partial charge in [0.1, 0.15) is 23.9 Å². The van der Waals surface area contributed by atoms with Crippen molar-refractivity contribution in [2.24, 2.45) is 0 Å². The maximum atomic E-state index is 13.2. The van der Waals surface area contributed by atoms with E-state index in [0.717, 1.165) is 44.0 Å². The number of carbonyl (C=O) groups excluding carboxylic acids is 1. The SMILES string of the molecule is COc1ncccc1-c1ccc(O)c(-c2nc3ccc(C(=O)Nc4ccccc4OCCN4CCOCC4)cc3[nH]2)c1. The van der Waals surface area contributed by atoms with E-state index < -0.39 is 0 Å². The second kappa shape index (κ2) is 12.3. The fourth-order valence-corrected chi connectivity index (χ4v) is 4.94. The largest absolute Gasteiger partial charge is 0.507 e. The monoisotopic (exact) mass is 565 g/mol. The van der Waals surface area contributed by atoms with Gasteiger partial charge >= 0.3 is 0 Å². The molecule has 10 nitrogen and oxygen atoms in total. The third kappa shape index (κ3) is 5.90. The number of para-hydroxylation sites is 2. The van der Waals surface area contributed by atoms with Gasteiger partial charge in [-0.3, -0.25) is 9.69 Å². The van der Waals surface area contributed by atoms with Crippen LogP contribution in [0.25, 0.3) is 33.5 Å². The fraction of sp³-hybridized carbons (Fsp3) is 0.219. The standard InChI is InChI=1S/C32H31N5O5/c1-40-32-23(5-4-12-33-32)21-9-11-28(38)24(19-21)30-34-25-10-8-22(20-27(25)35-30)31(39)36-26-6-2-3-7-29(26)42-18-15-37-13-16-41-17-14-37/h2-12,19-20,38H,13-18H2,1H3,(H,34,35)(H,36,39). The number of H-pyrrole nitrogens is 1. The summed E-state index contributed by atoms with van der Waals surface area (Å²) in [5, 5.41) is 13.6. The molecule has 42 heavy (non-hydrogen) atoms. The Labute approximate surface area is 242 Å². The van der Waals surface area contributed by atoms with Gasteiger partial charge in [0.25, 0.3) is 5.91 Å². The van der Waals surface area contributed by atoms with E-state index in [0.29, 0.717) is 51.9 Å². The second-order valence-corrected chi connectivity index (χ2v) is 9.86. The molecular formula is C32H31N5O5. The summed E-state index contributed by atoms with van der Waals surface area (Å²) < 4.78 is 16.8. The van der Waals surface area contributed by atoms with Crippen molar-refractivity contribution in [3.8, 4) is 39.9 Å². The van der Waals surface area contributed by atoms with Gasteiger partial charge < -0.3 is 29.6 Å². The number of fused-ring (bicyclic) bond motifs is 1. The van der Waals surface area contributed by atoms with Crippen LogP contribution in [0, 0.1) is 0 Å². The van der Waals surface area contributed by atoms with Crippen LogP contribution in [-0.4, -0.2) is 77.4 Å². The third-order valence-electron chi connectivity index (χ3n) is 7.18. The lowest BCUT2D eigenvalue weighted by molar-refractivity contribution is 0.0323. The molecule has 5 aromatic rings. The summed E-state index contributed by atoms with van der Waals surface area (Å²) in [5.74, 6) is 1.38. The number of amides is 1. The summed E-state index contributed by atoms with van der Waals surface area (Å²) in [7, 11) is 1.57. The molecule has 0 atom stereocenters. The van der Waals surface area contributed by atoms with E-state index in [-0.39, 0.29) is 11.7 Å². The first-order valence-corrected chi connectivity index (χ1v) is 13.7. The highest BCUT2D eigenvalue weighted by Gasteiger charge is 2.16. The molecule has 0 bridgehead atoms. The zero-order valence-corrected chi connectivity index (χ0v) is 23.2. The topological polar surface area (TPSA) is 122 Å². The van der Waals surface area contributed by atoms with E-state index in [2.05, 4.69) is 25.2 Å². The molecule has 0 aliphatic carbocycles. The van der Waals surface area contributed by atoms with Crippen molar-refractivity contribution < 1.29 is 24.1 Å². The number of pyridine rings is 1. The smallest absolute Gasteiger partial charge is 0.255 e. The Kier molecular flexibility index (Phi) is 7.98. The van der Waals surface area contributed by atoms with Gasteiger partial charge in [0.15, 0.2) is 0 Å². The summed E-state index contributed by atoms with van der Waals surface area (Å²) in [6.45, 7) is 4.57. The molecule has 0 radical (unpaired) electrons. The second-order valence-electron chi connectivity index (χ2n) is 9.86. The number of aromatic amines is 1. The third-order valence-corrected chi connectivity index (χ3v) is 7.18. The summed E-state index contributed by atoms with van der Waals surface area (Å²) >= 11 is 0. The van der Waals surface area contributed by atoms with E-state index >= 15 is 0 Å². The van der Waals surface area contributed by atoms with Gasteiger partial charge in [-0.25, -0.2) is 9.97 Å². The van der Waals surface area contributed by atoms with Crippen molar-refractivity contribution in [2.45, 2.75) is 0 Å². The maximum absolute atomic E-state index is 13.2. The van der Waals surface area contributed by atoms with E-state index in [1.165, 1.54) is 0 Å². The van der Waals surface area contributed by atoms with Crippen molar-refractivity contribution in [3.05, 3.63) is 84.6 Å². The van der Waals surface area contributed by atoms with Crippen molar-refractivity contribution in [1.82, 2.24) is 19.9 Å². The van der Waals surface area contributed by atoms with Gasteiger partial charge in [0.05, 0.1) is 42.6 Å². The first kappa shape index (κ1) is 27.3. The minimum Gasteiger partial charge on any atom is -0.507 e. The van der Waals surface area contributed by atoms with Crippen LogP contribution in [-0.2, 0) is 4.74 Å². The molecule has 2 aromatic heterocycles. The van der Waals surface area contributed by atoms with E-state index in [4.69, 9.17) is 14.2 Å². The highest BCUT2D eigenvalue weighted by atomic mass is 16.5. The average molecular weight is 566 g/mol. The first-order valence-electron chi connectivity index (χ1n) is 13.7. The number of methoxy groups -OCH3 is 1. The Morgan fingerprint density at radius 1 is 1.05 bits per heavy atom. The highest BCUT2D eigenvalue weighted by Crippen LogP contribution is 2.36. The number of phenols is 1. The van der Waals surface area contributed by atoms with E-state index in [9.17, 15) is 9.90 Å². The molecular weight excluding hydrogens is 534 g/mol. The number of hydrogen-bond donors (Lipinski definition) is 3. The van der Waals surface area contributed by atoms with Gasteiger partial charge in [-0.05, 0) is 60.2 Å². The van der Waals surface area contributed by atoms with Crippen molar-refractivity contribution in [2.75, 3.05) is 51.9 Å². The Morgan fingerprint density at radius 3 is 2.76 bits per heavy atom. The van der Waals surface area contributed by atoms with E-state index in [1.807, 2.05) is 42.5 Å². The van der Waals surface area contributed by atoms with Crippen LogP contribution in [0.15, 0.2) is 79.0 Å². The lowest BCUT2D eigenvalue weighted by Crippen LogP contribution is -2.38. The lowest BCUT2D eigenvalue weighted by Gasteiger charge is -2.26. The van der Waals surface area contributed by atoms with Crippen LogP contribution in [0.5, 0.6) is 17.4 Å². The molecule has 1 saturated heterocycles. The van der Waals surface area contributed by atoms with Crippen molar-refractivity contribution in [1.29, 1.82) is 0 Å². The molecule has 10 heteroatoms. The van der Waals surface area contributed by atoms with E-state index in [1.54, 1.807) is 43.6 Å². The predicted octanol–water partition coefficient (Wildman–Crippen LogP) is 4.97. The van der Waals surface area contributed by atoms with Crippen LogP contribution >= 0.6 is 0 Å². The first-order chi connectivity index (χ1) is 20.6. The van der Waals surface area contributed by atoms with Gasteiger partial charge in [0.2, 0.25) is 5.88 Å². The summed E-state index contributed by atoms with van der Waals surface area (Å²) in [4.78, 5) is 27.7. The number of nitrogens with one attached hydrogen (secondary N) is 2. The zero-order valence-electron chi connectivity index (χ0n) is 23.2. The Morgan fingerprint density at radius 2 is 1.90 bits per heavy atom. The lowest BCUT2D eigenvalue weighted by atomic mass is 10.0. The minimum atomic E-state index is -0.272. The predicted molar refractivity (Wildman–Crippen MR) is 160 cm³/mol. The minimum absolute atomic E-state index is 0.0730. The number of nitrogens with zero attached hydrogens (tertiary/aromatic N) is 3. The molecule has 0 spiro atoms. The molecule has 1 amide bonds. The molecule has 0 unspecified atom stereocenters. The normalized spacial score (nSPS) is 13.6. The number of morpholine rings is 1. The molecule has 1 aliphatic heterocycles. The van der Waals surface area contributed by atoms with Crippen molar-refractivity contribution >= 4 is 22.6 Å². The van der Waals surface area contributed by atoms with Crippen molar-refractivity contribution in [3.63, 3.8) is 0 Å². The number of rotatable bonds is 9. The quantitative estimate of drug-likeness (QED) is 0.229. The Bertz CT molecular complexity index is 1710. The average Bonchev–Trinajstić information content (AvgIpc) is 3.46. The number of phenolic OH excluding ortho intramolecular Hbond substituents is 1. The Balaban J connectivity index is 1.20. The van der Waals surface area contributed by atoms with Crippen LogP contribution in [0.1, 0.15) is 10.4 Å². The fourth-order valence-electron chi connectivity index (χ4n) is 4.94. The molecule has 0 saturated carbocycles. The van der Waals surface area contributed by atoms with Gasteiger partial charge in [-0.1, -0.05) is 18.2 Å². The summed E-state index contributed by atoms with van der Waals surface area (Å²) in [5.41, 5.74) is 4.51. The number of benzene rings is 3. The highest BCUT2D eigenvalue weighted by molar-refractivity contribution is 6.06. The number of aromatic hydroxyl groups is 1. The number of ether oxygens (including phenoxy) is 3. The van der Waals surface area contributed by atoms with Crippen LogP contribution in [0.4, 0.5) is 5.69 Å². The number of aromatic nitrogens is 3. The molecule has 3 aromatic carbocycles. The van der Waals surface area contributed by atoms with Crippen LogP contribution in [0.3, 0.4) is 0 Å². The molecule has 1 fully saturated rings. The maximum Gasteiger partial charge on any atom is 0.255 e. The zero-order chi connectivity index (χ0) is 28.9. The number of imidazole rings is 1. The van der Waals surface area contributed by atoms with Gasteiger partial charge in [-0.15, -0.1) is 0 Å². The molecule has 3 N–H and O–H groups in total. The van der Waals surface area contributed by atoms with Crippen LogP contribution < -0.4 is 14.8 Å². The molecule has 6 rings (SSSR count). The number of anilines is 1. The van der Waals surface area contributed by atoms with Crippen LogP contribution in [0.2, 0.25) is 0 Å². The summed E-state index contributed by atoms with van der Waals surface area (Å²) in [6, 6.07) is 21.6. The van der Waals surface area contributed by atoms with Gasteiger partial charge in [0, 0.05) is 37.0 Å². The molecule has 1 aliphatic rings. The number of hydrogen-bond acceptors (Lipinski definition) is 8. The number of carbonyl (C=O) groups is 1. The summed E-state index contributed by atoms with van der Waals surface area (Å²) in [6.07, 6.45) is 1.66. The van der Waals surface area contributed by atoms with Gasteiger partial charge in [-0.2, -0.15) is 0 Å². The molecule has 214 valence electrons. The molecule has 3 heterocycles.